The molecule has 0 spiro atoms. The SMILES string of the molecule is CCC1(C)CN(CC2Cc3cc(C)ccc3O2)CCCN1. The Kier molecular flexibility index (Phi) is 4.23. The van der Waals surface area contributed by atoms with E-state index in [0.717, 1.165) is 31.8 Å². The number of rotatable bonds is 3. The Bertz CT molecular complexity index is 502. The summed E-state index contributed by atoms with van der Waals surface area (Å²) >= 11 is 0. The first-order valence-electron chi connectivity index (χ1n) is 8.31. The lowest BCUT2D eigenvalue weighted by molar-refractivity contribution is 0.133. The van der Waals surface area contributed by atoms with Crippen molar-refractivity contribution in [2.45, 2.75) is 51.7 Å². The van der Waals surface area contributed by atoms with E-state index >= 15 is 0 Å². The van der Waals surface area contributed by atoms with Gasteiger partial charge in [-0.2, -0.15) is 0 Å². The van der Waals surface area contributed by atoms with Gasteiger partial charge in [-0.1, -0.05) is 24.6 Å². The summed E-state index contributed by atoms with van der Waals surface area (Å²) in [4.78, 5) is 2.59. The molecule has 1 N–H and O–H groups in total. The van der Waals surface area contributed by atoms with Crippen LogP contribution in [0.25, 0.3) is 0 Å². The number of aryl methyl sites for hydroxylation is 1. The summed E-state index contributed by atoms with van der Waals surface area (Å²) in [5.41, 5.74) is 2.96. The molecule has 2 aliphatic rings. The molecule has 2 atom stereocenters. The standard InChI is InChI=1S/C18H28N2O/c1-4-18(3)13-20(9-5-8-19-18)12-16-11-15-10-14(2)6-7-17(15)21-16/h6-7,10,16,19H,4-5,8-9,11-13H2,1-3H3. The fourth-order valence-electron chi connectivity index (χ4n) is 3.55. The number of hydrogen-bond donors (Lipinski definition) is 1. The minimum absolute atomic E-state index is 0.249. The van der Waals surface area contributed by atoms with E-state index in [1.807, 2.05) is 0 Å². The molecule has 3 heteroatoms. The van der Waals surface area contributed by atoms with E-state index in [9.17, 15) is 0 Å². The smallest absolute Gasteiger partial charge is 0.123 e. The zero-order valence-electron chi connectivity index (χ0n) is 13.6. The molecular formula is C18H28N2O. The highest BCUT2D eigenvalue weighted by Crippen LogP contribution is 2.30. The highest BCUT2D eigenvalue weighted by molar-refractivity contribution is 5.40. The van der Waals surface area contributed by atoms with Gasteiger partial charge in [0.1, 0.15) is 11.9 Å². The fraction of sp³-hybridized carbons (Fsp3) is 0.667. The Balaban J connectivity index is 1.62. The lowest BCUT2D eigenvalue weighted by atomic mass is 9.98. The van der Waals surface area contributed by atoms with Gasteiger partial charge in [-0.05, 0) is 51.4 Å². The second-order valence-corrected chi connectivity index (χ2v) is 6.98. The molecule has 116 valence electrons. The third-order valence-corrected chi connectivity index (χ3v) is 4.97. The Morgan fingerprint density at radius 2 is 2.29 bits per heavy atom. The minimum Gasteiger partial charge on any atom is -0.488 e. The van der Waals surface area contributed by atoms with Crippen molar-refractivity contribution in [2.75, 3.05) is 26.2 Å². The van der Waals surface area contributed by atoms with Crippen LogP contribution < -0.4 is 10.1 Å². The van der Waals surface area contributed by atoms with Crippen molar-refractivity contribution in [1.29, 1.82) is 0 Å². The number of nitrogens with one attached hydrogen (secondary N) is 1. The van der Waals surface area contributed by atoms with Crippen LogP contribution in [0, 0.1) is 6.92 Å². The highest BCUT2D eigenvalue weighted by atomic mass is 16.5. The summed E-state index contributed by atoms with van der Waals surface area (Å²) in [7, 11) is 0. The maximum Gasteiger partial charge on any atom is 0.123 e. The molecule has 1 aromatic rings. The van der Waals surface area contributed by atoms with Gasteiger partial charge in [0.05, 0.1) is 0 Å². The molecule has 0 aromatic heterocycles. The first kappa shape index (κ1) is 14.9. The Morgan fingerprint density at radius 3 is 3.10 bits per heavy atom. The maximum absolute atomic E-state index is 6.15. The Hall–Kier alpha value is -1.06. The molecule has 1 aromatic carbocycles. The maximum atomic E-state index is 6.15. The van der Waals surface area contributed by atoms with Gasteiger partial charge < -0.3 is 10.1 Å². The van der Waals surface area contributed by atoms with Gasteiger partial charge in [-0.25, -0.2) is 0 Å². The molecule has 1 saturated heterocycles. The van der Waals surface area contributed by atoms with Gasteiger partial charge in [-0.3, -0.25) is 4.90 Å². The van der Waals surface area contributed by atoms with Crippen molar-refractivity contribution < 1.29 is 4.74 Å². The quantitative estimate of drug-likeness (QED) is 0.925. The second-order valence-electron chi connectivity index (χ2n) is 6.98. The van der Waals surface area contributed by atoms with E-state index in [-0.39, 0.29) is 5.54 Å². The molecular weight excluding hydrogens is 260 g/mol. The molecule has 21 heavy (non-hydrogen) atoms. The van der Waals surface area contributed by atoms with Gasteiger partial charge in [0.15, 0.2) is 0 Å². The second kappa shape index (κ2) is 5.98. The number of hydrogen-bond acceptors (Lipinski definition) is 3. The molecule has 0 amide bonds. The van der Waals surface area contributed by atoms with Crippen molar-refractivity contribution in [1.82, 2.24) is 10.2 Å². The molecule has 0 aliphatic carbocycles. The average molecular weight is 288 g/mol. The van der Waals surface area contributed by atoms with Crippen LogP contribution in [0.4, 0.5) is 0 Å². The summed E-state index contributed by atoms with van der Waals surface area (Å²) < 4.78 is 6.15. The van der Waals surface area contributed by atoms with E-state index in [4.69, 9.17) is 4.74 Å². The van der Waals surface area contributed by atoms with Gasteiger partial charge in [0, 0.05) is 25.0 Å². The predicted octanol–water partition coefficient (Wildman–Crippen LogP) is 2.76. The van der Waals surface area contributed by atoms with Crippen LogP contribution in [-0.4, -0.2) is 42.7 Å². The third-order valence-electron chi connectivity index (χ3n) is 4.97. The molecule has 0 saturated carbocycles. The molecule has 3 nitrogen and oxygen atoms in total. The number of ether oxygens (including phenoxy) is 1. The number of benzene rings is 1. The van der Waals surface area contributed by atoms with Gasteiger partial charge in [0.25, 0.3) is 0 Å². The summed E-state index contributed by atoms with van der Waals surface area (Å²) in [5.74, 6) is 1.09. The van der Waals surface area contributed by atoms with Crippen molar-refractivity contribution in [2.24, 2.45) is 0 Å². The molecule has 1 fully saturated rings. The van der Waals surface area contributed by atoms with Crippen LogP contribution in [0.15, 0.2) is 18.2 Å². The average Bonchev–Trinajstić information content (AvgIpc) is 2.74. The zero-order valence-corrected chi connectivity index (χ0v) is 13.6. The van der Waals surface area contributed by atoms with Crippen molar-refractivity contribution >= 4 is 0 Å². The molecule has 0 radical (unpaired) electrons. The summed E-state index contributed by atoms with van der Waals surface area (Å²) in [5, 5.41) is 3.70. The largest absolute Gasteiger partial charge is 0.488 e. The molecule has 0 bridgehead atoms. The number of fused-ring (bicyclic) bond motifs is 1. The van der Waals surface area contributed by atoms with Crippen LogP contribution in [0.3, 0.4) is 0 Å². The summed E-state index contributed by atoms with van der Waals surface area (Å²) in [6, 6.07) is 6.55. The Morgan fingerprint density at radius 1 is 1.43 bits per heavy atom. The fourth-order valence-corrected chi connectivity index (χ4v) is 3.55. The predicted molar refractivity (Wildman–Crippen MR) is 87.1 cm³/mol. The monoisotopic (exact) mass is 288 g/mol. The number of nitrogens with zero attached hydrogens (tertiary/aromatic N) is 1. The zero-order chi connectivity index (χ0) is 14.9. The third kappa shape index (κ3) is 3.41. The van der Waals surface area contributed by atoms with Crippen molar-refractivity contribution in [3.63, 3.8) is 0 Å². The lowest BCUT2D eigenvalue weighted by Gasteiger charge is -2.33. The lowest BCUT2D eigenvalue weighted by Crippen LogP contribution is -2.50. The van der Waals surface area contributed by atoms with Crippen LogP contribution in [-0.2, 0) is 6.42 Å². The molecule has 2 aliphatic heterocycles. The topological polar surface area (TPSA) is 24.5 Å². The first-order valence-corrected chi connectivity index (χ1v) is 8.31. The van der Waals surface area contributed by atoms with E-state index in [1.165, 1.54) is 30.5 Å². The van der Waals surface area contributed by atoms with E-state index in [1.54, 1.807) is 0 Å². The highest BCUT2D eigenvalue weighted by Gasteiger charge is 2.30. The van der Waals surface area contributed by atoms with Gasteiger partial charge in [-0.15, -0.1) is 0 Å². The Labute approximate surface area is 128 Å². The van der Waals surface area contributed by atoms with Gasteiger partial charge >= 0.3 is 0 Å². The van der Waals surface area contributed by atoms with Crippen molar-refractivity contribution in [3.8, 4) is 5.75 Å². The summed E-state index contributed by atoms with van der Waals surface area (Å²) in [6.45, 7) is 11.3. The van der Waals surface area contributed by atoms with Crippen LogP contribution in [0.5, 0.6) is 5.75 Å². The van der Waals surface area contributed by atoms with Crippen LogP contribution in [0.2, 0.25) is 0 Å². The van der Waals surface area contributed by atoms with Crippen molar-refractivity contribution in [3.05, 3.63) is 29.3 Å². The van der Waals surface area contributed by atoms with Gasteiger partial charge in [0.2, 0.25) is 0 Å². The van der Waals surface area contributed by atoms with E-state index in [2.05, 4.69) is 49.2 Å². The summed E-state index contributed by atoms with van der Waals surface area (Å²) in [6.07, 6.45) is 3.79. The molecule has 2 heterocycles. The first-order chi connectivity index (χ1) is 10.1. The van der Waals surface area contributed by atoms with Crippen LogP contribution >= 0.6 is 0 Å². The molecule has 3 rings (SSSR count). The minimum atomic E-state index is 0.249. The van der Waals surface area contributed by atoms with E-state index in [0.29, 0.717) is 6.10 Å². The normalized spacial score (nSPS) is 29.8. The molecule has 2 unspecified atom stereocenters. The van der Waals surface area contributed by atoms with E-state index < -0.39 is 0 Å². The van der Waals surface area contributed by atoms with Crippen LogP contribution in [0.1, 0.15) is 37.8 Å².